The number of primary amides is 1. The lowest BCUT2D eigenvalue weighted by Gasteiger charge is -2.27. The molecule has 7 heteroatoms. The molecule has 2 unspecified atom stereocenters. The van der Waals surface area contributed by atoms with E-state index in [9.17, 15) is 9.59 Å². The topological polar surface area (TPSA) is 92.4 Å². The molecule has 1 radical (unpaired) electrons. The molecule has 0 saturated carbocycles. The van der Waals surface area contributed by atoms with Crippen molar-refractivity contribution in [2.24, 2.45) is 17.6 Å². The van der Waals surface area contributed by atoms with Crippen LogP contribution < -0.4 is 5.73 Å². The molecule has 2 saturated heterocycles. The molecule has 7 nitrogen and oxygen atoms in total. The highest BCUT2D eigenvalue weighted by Gasteiger charge is 2.50. The molecule has 2 aliphatic rings. The van der Waals surface area contributed by atoms with Crippen molar-refractivity contribution < 1.29 is 9.59 Å². The lowest BCUT2D eigenvalue weighted by molar-refractivity contribution is -0.123. The van der Waals surface area contributed by atoms with E-state index in [-0.39, 0.29) is 29.7 Å². The van der Waals surface area contributed by atoms with E-state index in [1.165, 1.54) is 18.0 Å². The van der Waals surface area contributed by atoms with E-state index in [0.29, 0.717) is 18.8 Å². The van der Waals surface area contributed by atoms with E-state index in [4.69, 9.17) is 5.73 Å². The number of nitrogens with two attached hydrogens (primary N) is 1. The van der Waals surface area contributed by atoms with Crippen LogP contribution in [0.4, 0.5) is 0 Å². The van der Waals surface area contributed by atoms with Gasteiger partial charge in [0, 0.05) is 37.9 Å². The van der Waals surface area contributed by atoms with Crippen molar-refractivity contribution in [2.75, 3.05) is 26.2 Å². The second kappa shape index (κ2) is 8.06. The Kier molecular flexibility index (Phi) is 5.34. The lowest BCUT2D eigenvalue weighted by Crippen LogP contribution is -2.46. The molecule has 0 spiro atoms. The molecule has 0 aliphatic carbocycles. The minimum absolute atomic E-state index is 0.0786. The molecule has 0 bridgehead atoms. The Hall–Kier alpha value is -2.80. The first-order valence-electron chi connectivity index (χ1n) is 9.60. The van der Waals surface area contributed by atoms with E-state index in [2.05, 4.69) is 33.4 Å². The van der Waals surface area contributed by atoms with Gasteiger partial charge in [-0.2, -0.15) is 0 Å². The molecule has 2 amide bonds. The summed E-state index contributed by atoms with van der Waals surface area (Å²) in [6, 6.07) is 9.84. The van der Waals surface area contributed by atoms with Gasteiger partial charge in [-0.25, -0.2) is 4.98 Å². The second-order valence-corrected chi connectivity index (χ2v) is 7.47. The highest BCUT2D eigenvalue weighted by atomic mass is 16.2. The molecule has 28 heavy (non-hydrogen) atoms. The van der Waals surface area contributed by atoms with Crippen molar-refractivity contribution in [3.8, 4) is 0 Å². The van der Waals surface area contributed by atoms with E-state index in [0.717, 1.165) is 19.5 Å². The van der Waals surface area contributed by atoms with E-state index in [1.54, 1.807) is 11.1 Å². The van der Waals surface area contributed by atoms with Gasteiger partial charge in [0.1, 0.15) is 5.69 Å². The SMILES string of the molecule is NC(=O)C1[C@@H]2CN(C(=O)c3cnccn3)CC2CN1CC[CH]c1ccccc1. The maximum absolute atomic E-state index is 12.7. The zero-order valence-electron chi connectivity index (χ0n) is 15.6. The predicted molar refractivity (Wildman–Crippen MR) is 104 cm³/mol. The van der Waals surface area contributed by atoms with Crippen LogP contribution in [0.1, 0.15) is 22.5 Å². The molecule has 2 aliphatic heterocycles. The summed E-state index contributed by atoms with van der Waals surface area (Å²) in [6.07, 6.45) is 7.57. The number of likely N-dealkylation sites (tertiary alicyclic amines) is 2. The average molecular weight is 378 g/mol. The third-order valence-electron chi connectivity index (χ3n) is 5.72. The van der Waals surface area contributed by atoms with Crippen LogP contribution in [0.3, 0.4) is 0 Å². The molecular formula is C21H24N5O2. The fraction of sp³-hybridized carbons (Fsp3) is 0.381. The van der Waals surface area contributed by atoms with Gasteiger partial charge in [0.2, 0.25) is 5.91 Å². The Bertz CT molecular complexity index is 829. The van der Waals surface area contributed by atoms with Crippen molar-refractivity contribution in [3.05, 3.63) is 66.6 Å². The van der Waals surface area contributed by atoms with Crippen molar-refractivity contribution in [3.63, 3.8) is 0 Å². The Morgan fingerprint density at radius 3 is 2.68 bits per heavy atom. The van der Waals surface area contributed by atoms with Gasteiger partial charge in [0.15, 0.2) is 0 Å². The van der Waals surface area contributed by atoms with Crippen molar-refractivity contribution in [1.29, 1.82) is 0 Å². The first kappa shape index (κ1) is 18.6. The molecule has 2 fully saturated rings. The average Bonchev–Trinajstić information content (AvgIpc) is 3.26. The van der Waals surface area contributed by atoms with Crippen LogP contribution in [0.5, 0.6) is 0 Å². The molecule has 2 aromatic rings. The number of amides is 2. The fourth-order valence-electron chi connectivity index (χ4n) is 4.48. The first-order valence-corrected chi connectivity index (χ1v) is 9.60. The number of nitrogens with zero attached hydrogens (tertiary/aromatic N) is 4. The first-order chi connectivity index (χ1) is 13.6. The summed E-state index contributed by atoms with van der Waals surface area (Å²) in [5.41, 5.74) is 7.26. The molecule has 1 aromatic carbocycles. The summed E-state index contributed by atoms with van der Waals surface area (Å²) in [5, 5.41) is 0. The highest BCUT2D eigenvalue weighted by Crippen LogP contribution is 2.36. The zero-order valence-corrected chi connectivity index (χ0v) is 15.6. The number of carbonyl (C=O) groups excluding carboxylic acids is 2. The molecule has 3 atom stereocenters. The number of aromatic nitrogens is 2. The summed E-state index contributed by atoms with van der Waals surface area (Å²) in [6.45, 7) is 2.73. The molecule has 1 aromatic heterocycles. The summed E-state index contributed by atoms with van der Waals surface area (Å²) in [4.78, 5) is 36.9. The molecule has 4 rings (SSSR count). The van der Waals surface area contributed by atoms with Gasteiger partial charge in [0.25, 0.3) is 5.91 Å². The molecule has 145 valence electrons. The van der Waals surface area contributed by atoms with Crippen LogP contribution >= 0.6 is 0 Å². The lowest BCUT2D eigenvalue weighted by atomic mass is 9.94. The predicted octanol–water partition coefficient (Wildman–Crippen LogP) is 0.977. The molecule has 2 N–H and O–H groups in total. The Morgan fingerprint density at radius 2 is 1.96 bits per heavy atom. The number of benzene rings is 1. The van der Waals surface area contributed by atoms with Gasteiger partial charge in [-0.15, -0.1) is 0 Å². The summed E-state index contributed by atoms with van der Waals surface area (Å²) in [5.74, 6) is -0.0969. The maximum atomic E-state index is 12.7. The quantitative estimate of drug-likeness (QED) is 0.809. The Morgan fingerprint density at radius 1 is 1.14 bits per heavy atom. The highest BCUT2D eigenvalue weighted by molar-refractivity contribution is 5.92. The monoisotopic (exact) mass is 378 g/mol. The number of carbonyl (C=O) groups is 2. The van der Waals surface area contributed by atoms with Gasteiger partial charge in [-0.1, -0.05) is 30.3 Å². The largest absolute Gasteiger partial charge is 0.368 e. The normalized spacial score (nSPS) is 24.3. The van der Waals surface area contributed by atoms with Crippen LogP contribution in [0, 0.1) is 18.3 Å². The number of fused-ring (bicyclic) bond motifs is 1. The minimum atomic E-state index is -0.325. The molecule has 3 heterocycles. The molecular weight excluding hydrogens is 354 g/mol. The third-order valence-corrected chi connectivity index (χ3v) is 5.72. The van der Waals surface area contributed by atoms with Gasteiger partial charge < -0.3 is 10.6 Å². The zero-order chi connectivity index (χ0) is 19.5. The van der Waals surface area contributed by atoms with Gasteiger partial charge >= 0.3 is 0 Å². The van der Waals surface area contributed by atoms with Crippen LogP contribution in [-0.4, -0.2) is 63.8 Å². The van der Waals surface area contributed by atoms with E-state index in [1.807, 2.05) is 18.2 Å². The van der Waals surface area contributed by atoms with Crippen molar-refractivity contribution >= 4 is 11.8 Å². The van der Waals surface area contributed by atoms with Crippen LogP contribution in [0.2, 0.25) is 0 Å². The minimum Gasteiger partial charge on any atom is -0.368 e. The number of rotatable bonds is 6. The Balaban J connectivity index is 1.37. The number of hydrogen-bond donors (Lipinski definition) is 1. The smallest absolute Gasteiger partial charge is 0.274 e. The van der Waals surface area contributed by atoms with Crippen LogP contribution in [0.15, 0.2) is 48.9 Å². The van der Waals surface area contributed by atoms with Gasteiger partial charge in [-0.3, -0.25) is 19.5 Å². The van der Waals surface area contributed by atoms with Crippen LogP contribution in [-0.2, 0) is 4.79 Å². The second-order valence-electron chi connectivity index (χ2n) is 7.47. The van der Waals surface area contributed by atoms with Crippen molar-refractivity contribution in [1.82, 2.24) is 19.8 Å². The standard InChI is InChI=1S/C21H24N5O2/c22-20(27)19-17-14-26(21(28)18-11-23-8-9-24-18)13-16(17)12-25(19)10-4-7-15-5-2-1-3-6-15/h1-3,5-9,11,16-17,19H,4,10,12-14H2,(H2,22,27)/t16?,17-,19?/m1/s1. The summed E-state index contributed by atoms with van der Waals surface area (Å²) >= 11 is 0. The Labute approximate surface area is 164 Å². The fourth-order valence-corrected chi connectivity index (χ4v) is 4.48. The van der Waals surface area contributed by atoms with Gasteiger partial charge in [-0.05, 0) is 30.9 Å². The summed E-state index contributed by atoms with van der Waals surface area (Å²) < 4.78 is 0. The van der Waals surface area contributed by atoms with E-state index < -0.39 is 0 Å². The summed E-state index contributed by atoms with van der Waals surface area (Å²) in [7, 11) is 0. The van der Waals surface area contributed by atoms with Crippen molar-refractivity contribution in [2.45, 2.75) is 12.5 Å². The number of hydrogen-bond acceptors (Lipinski definition) is 5. The van der Waals surface area contributed by atoms with Gasteiger partial charge in [0.05, 0.1) is 12.2 Å². The van der Waals surface area contributed by atoms with Crippen LogP contribution in [0.25, 0.3) is 0 Å². The third kappa shape index (κ3) is 3.75. The van der Waals surface area contributed by atoms with E-state index >= 15 is 0 Å². The maximum Gasteiger partial charge on any atom is 0.274 e.